The molecule has 0 atom stereocenters. The van der Waals surface area contributed by atoms with E-state index in [1.165, 1.54) is 24.5 Å². The molecule has 6 heteroatoms. The number of halogens is 1. The summed E-state index contributed by atoms with van der Waals surface area (Å²) in [5, 5.41) is 2.45. The molecule has 2 rings (SSSR count). The zero-order chi connectivity index (χ0) is 15.2. The summed E-state index contributed by atoms with van der Waals surface area (Å²) < 4.78 is 18.6. The third kappa shape index (κ3) is 3.85. The van der Waals surface area contributed by atoms with Gasteiger partial charge in [-0.3, -0.25) is 9.78 Å². The second-order valence-electron chi connectivity index (χ2n) is 4.15. The van der Waals surface area contributed by atoms with Gasteiger partial charge in [0.15, 0.2) is 0 Å². The van der Waals surface area contributed by atoms with Crippen molar-refractivity contribution in [2.75, 3.05) is 0 Å². The average Bonchev–Trinajstić information content (AvgIpc) is 2.47. The van der Waals surface area contributed by atoms with Gasteiger partial charge >= 0.3 is 0 Å². The number of ether oxygens (including phenoxy) is 1. The fraction of sp³-hybridized carbons (Fsp3) is 0.133. The number of aromatic nitrogens is 2. The lowest BCUT2D eigenvalue weighted by molar-refractivity contribution is 0.0965. The largest absolute Gasteiger partial charge is 0.455 e. The summed E-state index contributed by atoms with van der Waals surface area (Å²) in [4.78, 5) is 19.7. The van der Waals surface area contributed by atoms with Gasteiger partial charge in [-0.1, -0.05) is 13.5 Å². The Morgan fingerprint density at radius 2 is 2.19 bits per heavy atom. The Bertz CT molecular complexity index is 674. The molecule has 2 heterocycles. The van der Waals surface area contributed by atoms with E-state index >= 15 is 0 Å². The monoisotopic (exact) mass is 287 g/mol. The van der Waals surface area contributed by atoms with E-state index in [1.807, 2.05) is 6.92 Å². The Kier molecular flexibility index (Phi) is 4.61. The van der Waals surface area contributed by atoms with Crippen LogP contribution in [-0.2, 0) is 6.42 Å². The van der Waals surface area contributed by atoms with Gasteiger partial charge in [-0.15, -0.1) is 0 Å². The SMILES string of the molecule is C=CNC(=O)c1cc(Oc2cncc(F)c2)cc(CC)n1. The summed E-state index contributed by atoms with van der Waals surface area (Å²) >= 11 is 0. The quantitative estimate of drug-likeness (QED) is 0.918. The van der Waals surface area contributed by atoms with Crippen molar-refractivity contribution < 1.29 is 13.9 Å². The van der Waals surface area contributed by atoms with Crippen LogP contribution >= 0.6 is 0 Å². The van der Waals surface area contributed by atoms with Crippen molar-refractivity contribution in [2.45, 2.75) is 13.3 Å². The van der Waals surface area contributed by atoms with Gasteiger partial charge in [0.05, 0.1) is 12.4 Å². The second-order valence-corrected chi connectivity index (χ2v) is 4.15. The molecule has 0 fully saturated rings. The number of amides is 1. The van der Waals surface area contributed by atoms with Crippen LogP contribution in [0.5, 0.6) is 11.5 Å². The maximum absolute atomic E-state index is 13.1. The topological polar surface area (TPSA) is 64.1 Å². The summed E-state index contributed by atoms with van der Waals surface area (Å²) in [5.41, 5.74) is 0.889. The Labute approximate surface area is 121 Å². The lowest BCUT2D eigenvalue weighted by Gasteiger charge is -2.09. The molecule has 108 valence electrons. The molecule has 0 aliphatic carbocycles. The van der Waals surface area contributed by atoms with Crippen LogP contribution in [0.2, 0.25) is 0 Å². The van der Waals surface area contributed by atoms with Crippen LogP contribution in [0.25, 0.3) is 0 Å². The highest BCUT2D eigenvalue weighted by atomic mass is 19.1. The highest BCUT2D eigenvalue weighted by Crippen LogP contribution is 2.23. The highest BCUT2D eigenvalue weighted by molar-refractivity contribution is 5.93. The van der Waals surface area contributed by atoms with E-state index in [1.54, 1.807) is 6.07 Å². The van der Waals surface area contributed by atoms with Crippen LogP contribution in [0.15, 0.2) is 43.4 Å². The number of carbonyl (C=O) groups is 1. The molecule has 0 radical (unpaired) electrons. The molecule has 0 aliphatic rings. The molecule has 0 unspecified atom stereocenters. The molecule has 0 spiro atoms. The number of nitrogens with zero attached hydrogens (tertiary/aromatic N) is 2. The van der Waals surface area contributed by atoms with Crippen LogP contribution in [0.3, 0.4) is 0 Å². The van der Waals surface area contributed by atoms with Gasteiger partial charge in [-0.05, 0) is 12.6 Å². The summed E-state index contributed by atoms with van der Waals surface area (Å²) in [5.74, 6) is -0.244. The van der Waals surface area contributed by atoms with E-state index in [0.29, 0.717) is 17.9 Å². The van der Waals surface area contributed by atoms with Crippen LogP contribution in [0, 0.1) is 5.82 Å². The van der Waals surface area contributed by atoms with Crippen molar-refractivity contribution >= 4 is 5.91 Å². The molecule has 0 aliphatic heterocycles. The minimum atomic E-state index is -0.498. The van der Waals surface area contributed by atoms with Crippen molar-refractivity contribution in [3.05, 3.63) is 60.6 Å². The molecular formula is C15H14FN3O2. The van der Waals surface area contributed by atoms with E-state index in [9.17, 15) is 9.18 Å². The smallest absolute Gasteiger partial charge is 0.273 e. The number of carbonyl (C=O) groups excluding carboxylic acids is 1. The number of pyridine rings is 2. The van der Waals surface area contributed by atoms with Crippen LogP contribution in [-0.4, -0.2) is 15.9 Å². The minimum absolute atomic E-state index is 0.202. The Morgan fingerprint density at radius 1 is 1.38 bits per heavy atom. The van der Waals surface area contributed by atoms with Gasteiger partial charge < -0.3 is 10.1 Å². The van der Waals surface area contributed by atoms with Gasteiger partial charge in [-0.2, -0.15) is 0 Å². The predicted octanol–water partition coefficient (Wildman–Crippen LogP) is 2.84. The molecule has 5 nitrogen and oxygen atoms in total. The van der Waals surface area contributed by atoms with Crippen molar-refractivity contribution in [3.8, 4) is 11.5 Å². The van der Waals surface area contributed by atoms with E-state index in [0.717, 1.165) is 6.20 Å². The molecule has 21 heavy (non-hydrogen) atoms. The van der Waals surface area contributed by atoms with Crippen LogP contribution in [0.1, 0.15) is 23.1 Å². The average molecular weight is 287 g/mol. The summed E-state index contributed by atoms with van der Waals surface area (Å²) in [6, 6.07) is 4.38. The van der Waals surface area contributed by atoms with Gasteiger partial charge in [-0.25, -0.2) is 9.37 Å². The summed E-state index contributed by atoms with van der Waals surface area (Å²) in [6.45, 7) is 5.34. The number of rotatable bonds is 5. The number of hydrogen-bond acceptors (Lipinski definition) is 4. The molecule has 0 saturated carbocycles. The number of aryl methyl sites for hydroxylation is 1. The fourth-order valence-corrected chi connectivity index (χ4v) is 1.67. The fourth-order valence-electron chi connectivity index (χ4n) is 1.67. The van der Waals surface area contributed by atoms with E-state index in [4.69, 9.17) is 4.74 Å². The summed E-state index contributed by atoms with van der Waals surface area (Å²) in [7, 11) is 0. The maximum Gasteiger partial charge on any atom is 0.273 e. The van der Waals surface area contributed by atoms with Crippen molar-refractivity contribution in [1.82, 2.24) is 15.3 Å². The number of nitrogens with one attached hydrogen (secondary N) is 1. The molecule has 2 aromatic rings. The lowest BCUT2D eigenvalue weighted by Crippen LogP contribution is -2.18. The lowest BCUT2D eigenvalue weighted by atomic mass is 10.2. The Hall–Kier alpha value is -2.76. The Morgan fingerprint density at radius 3 is 2.86 bits per heavy atom. The highest BCUT2D eigenvalue weighted by Gasteiger charge is 2.10. The molecular weight excluding hydrogens is 273 g/mol. The van der Waals surface area contributed by atoms with E-state index < -0.39 is 5.82 Å². The first-order valence-corrected chi connectivity index (χ1v) is 6.33. The van der Waals surface area contributed by atoms with Crippen LogP contribution in [0.4, 0.5) is 4.39 Å². The third-order valence-corrected chi connectivity index (χ3v) is 2.60. The molecule has 1 N–H and O–H groups in total. The molecule has 0 bridgehead atoms. The van der Waals surface area contributed by atoms with Gasteiger partial charge in [0.25, 0.3) is 5.91 Å². The minimum Gasteiger partial charge on any atom is -0.455 e. The van der Waals surface area contributed by atoms with Crippen LogP contribution < -0.4 is 10.1 Å². The van der Waals surface area contributed by atoms with E-state index in [2.05, 4.69) is 21.9 Å². The normalized spacial score (nSPS) is 10.0. The zero-order valence-corrected chi connectivity index (χ0v) is 11.5. The van der Waals surface area contributed by atoms with Crippen molar-refractivity contribution in [2.24, 2.45) is 0 Å². The predicted molar refractivity (Wildman–Crippen MR) is 75.5 cm³/mol. The van der Waals surface area contributed by atoms with Gasteiger partial charge in [0.2, 0.25) is 0 Å². The zero-order valence-electron chi connectivity index (χ0n) is 11.5. The maximum atomic E-state index is 13.1. The molecule has 1 amide bonds. The van der Waals surface area contributed by atoms with Crippen molar-refractivity contribution in [1.29, 1.82) is 0 Å². The van der Waals surface area contributed by atoms with Gasteiger partial charge in [0, 0.05) is 23.9 Å². The standard InChI is InChI=1S/C15H14FN3O2/c1-3-11-6-12(7-14(19-11)15(20)18-4-2)21-13-5-10(16)8-17-9-13/h4-9H,2-3H2,1H3,(H,18,20). The molecule has 0 aromatic carbocycles. The first-order valence-electron chi connectivity index (χ1n) is 6.33. The first kappa shape index (κ1) is 14.6. The number of hydrogen-bond donors (Lipinski definition) is 1. The molecule has 2 aromatic heterocycles. The first-order chi connectivity index (χ1) is 10.1. The van der Waals surface area contributed by atoms with Crippen molar-refractivity contribution in [3.63, 3.8) is 0 Å². The third-order valence-electron chi connectivity index (χ3n) is 2.60. The molecule has 0 saturated heterocycles. The van der Waals surface area contributed by atoms with Gasteiger partial charge in [0.1, 0.15) is 23.0 Å². The summed E-state index contributed by atoms with van der Waals surface area (Å²) in [6.07, 6.45) is 4.38. The van der Waals surface area contributed by atoms with E-state index in [-0.39, 0.29) is 17.4 Å². The Balaban J connectivity index is 2.32. The second kappa shape index (κ2) is 6.60.